The van der Waals surface area contributed by atoms with E-state index >= 15 is 0 Å². The van der Waals surface area contributed by atoms with Crippen molar-refractivity contribution in [1.82, 2.24) is 5.32 Å². The van der Waals surface area contributed by atoms with E-state index in [1.54, 1.807) is 13.0 Å². The first-order valence-corrected chi connectivity index (χ1v) is 2.82. The van der Waals surface area contributed by atoms with Gasteiger partial charge in [0, 0.05) is 0 Å². The molecule has 0 spiro atoms. The molecule has 1 fully saturated rings. The molecule has 1 saturated heterocycles. The Bertz CT molecular complexity index is 144. The summed E-state index contributed by atoms with van der Waals surface area (Å²) in [5.41, 5.74) is 0. The van der Waals surface area contributed by atoms with Crippen LogP contribution in [0, 0.1) is 0 Å². The average molecular weight is 127 g/mol. The van der Waals surface area contributed by atoms with Gasteiger partial charge < -0.3 is 10.1 Å². The number of hydrogen-bond donors (Lipinski definition) is 1. The van der Waals surface area contributed by atoms with Crippen LogP contribution in [0.5, 0.6) is 0 Å². The van der Waals surface area contributed by atoms with Gasteiger partial charge in [-0.3, -0.25) is 4.79 Å². The van der Waals surface area contributed by atoms with E-state index in [0.29, 0.717) is 0 Å². The highest BCUT2D eigenvalue weighted by Crippen LogP contribution is 2.04. The highest BCUT2D eigenvalue weighted by Gasteiger charge is 2.26. The highest BCUT2D eigenvalue weighted by atomic mass is 16.5. The molecule has 2 unspecified atom stereocenters. The normalized spacial score (nSPS) is 34.1. The van der Waals surface area contributed by atoms with E-state index in [4.69, 9.17) is 4.74 Å². The summed E-state index contributed by atoms with van der Waals surface area (Å²) in [6.45, 7) is 5.18. The van der Waals surface area contributed by atoms with Crippen LogP contribution < -0.4 is 5.32 Å². The molecule has 0 aromatic carbocycles. The van der Waals surface area contributed by atoms with Crippen molar-refractivity contribution in [2.75, 3.05) is 0 Å². The van der Waals surface area contributed by atoms with E-state index in [0.717, 1.165) is 0 Å². The van der Waals surface area contributed by atoms with Crippen molar-refractivity contribution < 1.29 is 9.53 Å². The van der Waals surface area contributed by atoms with Gasteiger partial charge >= 0.3 is 0 Å². The summed E-state index contributed by atoms with van der Waals surface area (Å²) in [5, 5.41) is 2.57. The lowest BCUT2D eigenvalue weighted by atomic mass is 10.4. The predicted molar refractivity (Wildman–Crippen MR) is 32.7 cm³/mol. The Hall–Kier alpha value is -0.830. The number of amides is 1. The predicted octanol–water partition coefficient (Wildman–Crippen LogP) is 0.0334. The first-order valence-electron chi connectivity index (χ1n) is 2.82. The molecule has 1 aliphatic heterocycles. The summed E-state index contributed by atoms with van der Waals surface area (Å²) in [4.78, 5) is 10.7. The second kappa shape index (κ2) is 2.19. The fourth-order valence-electron chi connectivity index (χ4n) is 0.688. The van der Waals surface area contributed by atoms with Crippen molar-refractivity contribution in [3.05, 3.63) is 12.7 Å². The molecule has 0 aromatic rings. The lowest BCUT2D eigenvalue weighted by Crippen LogP contribution is -2.25. The third kappa shape index (κ3) is 1.10. The number of carbonyl (C=O) groups is 1. The average Bonchev–Trinajstić information content (AvgIpc) is 2.13. The molecule has 0 saturated carbocycles. The fraction of sp³-hybridized carbons (Fsp3) is 0.500. The van der Waals surface area contributed by atoms with Crippen molar-refractivity contribution in [2.45, 2.75) is 19.3 Å². The van der Waals surface area contributed by atoms with Gasteiger partial charge in [-0.05, 0) is 13.0 Å². The zero-order valence-corrected chi connectivity index (χ0v) is 5.26. The number of ether oxygens (including phenoxy) is 1. The van der Waals surface area contributed by atoms with E-state index in [1.165, 1.54) is 0 Å². The fourth-order valence-corrected chi connectivity index (χ4v) is 0.688. The molecule has 50 valence electrons. The number of nitrogens with one attached hydrogen (secondary N) is 1. The maximum absolute atomic E-state index is 10.7. The monoisotopic (exact) mass is 127 g/mol. The molecule has 0 aromatic heterocycles. The van der Waals surface area contributed by atoms with Crippen LogP contribution in [-0.4, -0.2) is 18.2 Å². The Morgan fingerprint density at radius 3 is 2.78 bits per heavy atom. The standard InChI is InChI=1S/C6H9NO2/c1-3-5-7-6(8)4(2)9-5/h3-5H,1H2,2H3,(H,7,8). The number of rotatable bonds is 1. The summed E-state index contributed by atoms with van der Waals surface area (Å²) in [7, 11) is 0. The van der Waals surface area contributed by atoms with Gasteiger partial charge in [-0.1, -0.05) is 6.58 Å². The van der Waals surface area contributed by atoms with Crippen LogP contribution in [0.25, 0.3) is 0 Å². The van der Waals surface area contributed by atoms with Crippen LogP contribution >= 0.6 is 0 Å². The Labute approximate surface area is 53.7 Å². The highest BCUT2D eigenvalue weighted by molar-refractivity contribution is 5.82. The number of carbonyl (C=O) groups excluding carboxylic acids is 1. The van der Waals surface area contributed by atoms with E-state index in [-0.39, 0.29) is 18.2 Å². The quantitative estimate of drug-likeness (QED) is 0.505. The number of hydrogen-bond acceptors (Lipinski definition) is 2. The SMILES string of the molecule is C=CC1NC(=O)C(C)O1. The summed E-state index contributed by atoms with van der Waals surface area (Å²) in [6.07, 6.45) is 0.946. The third-order valence-corrected chi connectivity index (χ3v) is 1.22. The van der Waals surface area contributed by atoms with Crippen LogP contribution in [0.1, 0.15) is 6.92 Å². The van der Waals surface area contributed by atoms with Crippen LogP contribution in [0.2, 0.25) is 0 Å². The van der Waals surface area contributed by atoms with Gasteiger partial charge in [-0.2, -0.15) is 0 Å². The molecule has 0 aliphatic carbocycles. The van der Waals surface area contributed by atoms with Crippen LogP contribution in [0.3, 0.4) is 0 Å². The van der Waals surface area contributed by atoms with Crippen molar-refractivity contribution in [2.24, 2.45) is 0 Å². The minimum atomic E-state index is -0.326. The van der Waals surface area contributed by atoms with Crippen molar-refractivity contribution >= 4 is 5.91 Å². The molecule has 1 rings (SSSR count). The molecule has 0 radical (unpaired) electrons. The van der Waals surface area contributed by atoms with E-state index < -0.39 is 0 Å². The second-order valence-electron chi connectivity index (χ2n) is 1.94. The minimum absolute atomic E-state index is 0.0695. The Morgan fingerprint density at radius 1 is 1.89 bits per heavy atom. The smallest absolute Gasteiger partial charge is 0.251 e. The minimum Gasteiger partial charge on any atom is -0.342 e. The largest absolute Gasteiger partial charge is 0.342 e. The third-order valence-electron chi connectivity index (χ3n) is 1.22. The molecule has 2 atom stereocenters. The maximum atomic E-state index is 10.7. The van der Waals surface area contributed by atoms with Crippen LogP contribution in [0.15, 0.2) is 12.7 Å². The van der Waals surface area contributed by atoms with Crippen molar-refractivity contribution in [3.8, 4) is 0 Å². The van der Waals surface area contributed by atoms with Crippen molar-refractivity contribution in [3.63, 3.8) is 0 Å². The maximum Gasteiger partial charge on any atom is 0.251 e. The topological polar surface area (TPSA) is 38.3 Å². The molecular weight excluding hydrogens is 118 g/mol. The van der Waals surface area contributed by atoms with Gasteiger partial charge in [0.1, 0.15) is 12.3 Å². The molecule has 3 heteroatoms. The summed E-state index contributed by atoms with van der Waals surface area (Å²) in [6, 6.07) is 0. The van der Waals surface area contributed by atoms with Gasteiger partial charge in [-0.25, -0.2) is 0 Å². The summed E-state index contributed by atoms with van der Waals surface area (Å²) >= 11 is 0. The molecule has 0 bridgehead atoms. The van der Waals surface area contributed by atoms with Crippen LogP contribution in [0.4, 0.5) is 0 Å². The van der Waals surface area contributed by atoms with Crippen molar-refractivity contribution in [1.29, 1.82) is 0 Å². The molecular formula is C6H9NO2. The first kappa shape index (κ1) is 6.29. The second-order valence-corrected chi connectivity index (χ2v) is 1.94. The van der Waals surface area contributed by atoms with Gasteiger partial charge in [-0.15, -0.1) is 0 Å². The molecule has 1 heterocycles. The lowest BCUT2D eigenvalue weighted by molar-refractivity contribution is -0.122. The zero-order valence-electron chi connectivity index (χ0n) is 5.26. The van der Waals surface area contributed by atoms with E-state index in [1.807, 2.05) is 0 Å². The lowest BCUT2D eigenvalue weighted by Gasteiger charge is -2.00. The zero-order chi connectivity index (χ0) is 6.85. The van der Waals surface area contributed by atoms with Gasteiger partial charge in [0.05, 0.1) is 0 Å². The molecule has 1 N–H and O–H groups in total. The Morgan fingerprint density at radius 2 is 2.56 bits per heavy atom. The van der Waals surface area contributed by atoms with Gasteiger partial charge in [0.15, 0.2) is 0 Å². The van der Waals surface area contributed by atoms with E-state index in [2.05, 4.69) is 11.9 Å². The summed E-state index contributed by atoms with van der Waals surface area (Å²) in [5.74, 6) is -0.0695. The Balaban J connectivity index is 2.53. The van der Waals surface area contributed by atoms with Gasteiger partial charge in [0.2, 0.25) is 0 Å². The molecule has 3 nitrogen and oxygen atoms in total. The molecule has 9 heavy (non-hydrogen) atoms. The molecule has 1 amide bonds. The van der Waals surface area contributed by atoms with Crippen LogP contribution in [-0.2, 0) is 9.53 Å². The van der Waals surface area contributed by atoms with E-state index in [9.17, 15) is 4.79 Å². The van der Waals surface area contributed by atoms with Gasteiger partial charge in [0.25, 0.3) is 5.91 Å². The summed E-state index contributed by atoms with van der Waals surface area (Å²) < 4.78 is 5.04. The molecule has 1 aliphatic rings. The first-order chi connectivity index (χ1) is 4.24. The Kier molecular flexibility index (Phi) is 1.53.